The molecule has 0 saturated heterocycles. The monoisotopic (exact) mass is 327 g/mol. The minimum absolute atomic E-state index is 1.07. The average molecular weight is 327 g/mol. The second kappa shape index (κ2) is 5.69. The van der Waals surface area contributed by atoms with Gasteiger partial charge in [0.25, 0.3) is 0 Å². The van der Waals surface area contributed by atoms with Gasteiger partial charge in [0, 0.05) is 16.3 Å². The van der Waals surface area contributed by atoms with Gasteiger partial charge in [-0.1, -0.05) is 31.2 Å². The van der Waals surface area contributed by atoms with E-state index < -0.39 is 0 Å². The van der Waals surface area contributed by atoms with E-state index in [4.69, 9.17) is 4.98 Å². The number of hydrogen-bond donors (Lipinski definition) is 1. The average Bonchev–Trinajstić information content (AvgIpc) is 3.16. The molecular formula is C22H21N3. The fraction of sp³-hybridized carbons (Fsp3) is 0.273. The molecule has 5 rings (SSSR count). The predicted octanol–water partition coefficient (Wildman–Crippen LogP) is 5.22. The maximum absolute atomic E-state index is 5.10. The summed E-state index contributed by atoms with van der Waals surface area (Å²) < 4.78 is 0. The Morgan fingerprint density at radius 1 is 0.960 bits per heavy atom. The zero-order chi connectivity index (χ0) is 16.8. The van der Waals surface area contributed by atoms with Crippen LogP contribution in [0.1, 0.15) is 36.5 Å². The maximum Gasteiger partial charge on any atom is 0.0744 e. The van der Waals surface area contributed by atoms with Gasteiger partial charge < -0.3 is 0 Å². The zero-order valence-electron chi connectivity index (χ0n) is 14.5. The van der Waals surface area contributed by atoms with Crippen molar-refractivity contribution in [3.05, 3.63) is 59.3 Å². The van der Waals surface area contributed by atoms with Crippen LogP contribution in [-0.2, 0) is 19.3 Å². The highest BCUT2D eigenvalue weighted by molar-refractivity contribution is 6.07. The number of aryl methyl sites for hydroxylation is 2. The number of fused-ring (bicyclic) bond motifs is 5. The molecule has 0 saturated carbocycles. The van der Waals surface area contributed by atoms with E-state index in [1.807, 2.05) is 6.20 Å². The van der Waals surface area contributed by atoms with Crippen molar-refractivity contribution in [1.82, 2.24) is 15.2 Å². The van der Waals surface area contributed by atoms with E-state index in [9.17, 15) is 0 Å². The van der Waals surface area contributed by atoms with Gasteiger partial charge in [-0.3, -0.25) is 5.10 Å². The summed E-state index contributed by atoms with van der Waals surface area (Å²) in [6.45, 7) is 2.20. The van der Waals surface area contributed by atoms with Crippen LogP contribution < -0.4 is 0 Å². The molecule has 25 heavy (non-hydrogen) atoms. The molecule has 124 valence electrons. The van der Waals surface area contributed by atoms with Gasteiger partial charge in [-0.25, -0.2) is 4.98 Å². The van der Waals surface area contributed by atoms with E-state index >= 15 is 0 Å². The standard InChI is InChI=1S/C22H21N3/c1-2-14-7-9-15(10-8-14)22-17-6-4-3-5-16(17)21-18-13-23-25-19(18)11-12-20(21)24-22/h7-13H,2-6H2,1H3,(H,23,25). The Kier molecular flexibility index (Phi) is 3.34. The summed E-state index contributed by atoms with van der Waals surface area (Å²) >= 11 is 0. The summed E-state index contributed by atoms with van der Waals surface area (Å²) in [7, 11) is 0. The van der Waals surface area contributed by atoms with Gasteiger partial charge in [-0.05, 0) is 60.9 Å². The van der Waals surface area contributed by atoms with Gasteiger partial charge in [-0.15, -0.1) is 0 Å². The van der Waals surface area contributed by atoms with Gasteiger partial charge in [0.1, 0.15) is 0 Å². The fourth-order valence-electron chi connectivity index (χ4n) is 4.18. The maximum atomic E-state index is 5.10. The number of benzene rings is 2. The van der Waals surface area contributed by atoms with Crippen molar-refractivity contribution in [2.24, 2.45) is 0 Å². The smallest absolute Gasteiger partial charge is 0.0744 e. The third kappa shape index (κ3) is 2.26. The number of H-pyrrole nitrogens is 1. The van der Waals surface area contributed by atoms with Crippen LogP contribution in [0, 0.1) is 0 Å². The summed E-state index contributed by atoms with van der Waals surface area (Å²) in [5.74, 6) is 0. The lowest BCUT2D eigenvalue weighted by Gasteiger charge is -2.22. The molecule has 0 spiro atoms. The fourth-order valence-corrected chi connectivity index (χ4v) is 4.18. The molecule has 0 bridgehead atoms. The summed E-state index contributed by atoms with van der Waals surface area (Å²) in [6, 6.07) is 13.2. The highest BCUT2D eigenvalue weighted by Gasteiger charge is 2.21. The van der Waals surface area contributed by atoms with Gasteiger partial charge in [0.15, 0.2) is 0 Å². The molecule has 0 atom stereocenters. The highest BCUT2D eigenvalue weighted by Crippen LogP contribution is 2.37. The molecule has 1 aliphatic carbocycles. The molecule has 0 aliphatic heterocycles. The molecule has 0 unspecified atom stereocenters. The van der Waals surface area contributed by atoms with Crippen LogP contribution in [0.5, 0.6) is 0 Å². The Balaban J connectivity index is 1.83. The van der Waals surface area contributed by atoms with E-state index in [2.05, 4.69) is 53.5 Å². The van der Waals surface area contributed by atoms with Crippen LogP contribution in [0.15, 0.2) is 42.6 Å². The lowest BCUT2D eigenvalue weighted by Crippen LogP contribution is -2.07. The van der Waals surface area contributed by atoms with Crippen molar-refractivity contribution in [3.63, 3.8) is 0 Å². The largest absolute Gasteiger partial charge is 0.278 e. The molecule has 1 aliphatic rings. The number of nitrogens with zero attached hydrogens (tertiary/aromatic N) is 2. The first-order valence-corrected chi connectivity index (χ1v) is 9.22. The molecule has 0 fully saturated rings. The third-order valence-corrected chi connectivity index (χ3v) is 5.53. The van der Waals surface area contributed by atoms with Crippen molar-refractivity contribution in [1.29, 1.82) is 0 Å². The van der Waals surface area contributed by atoms with Crippen LogP contribution in [0.3, 0.4) is 0 Å². The topological polar surface area (TPSA) is 41.6 Å². The normalized spacial score (nSPS) is 14.1. The van der Waals surface area contributed by atoms with Crippen LogP contribution in [0.2, 0.25) is 0 Å². The summed E-state index contributed by atoms with van der Waals surface area (Å²) in [6.07, 6.45) is 7.79. The van der Waals surface area contributed by atoms with Crippen molar-refractivity contribution in [2.75, 3.05) is 0 Å². The number of aromatic amines is 1. The number of hydrogen-bond acceptors (Lipinski definition) is 2. The second-order valence-corrected chi connectivity index (χ2v) is 6.97. The van der Waals surface area contributed by atoms with E-state index in [1.54, 1.807) is 0 Å². The summed E-state index contributed by atoms with van der Waals surface area (Å²) in [4.78, 5) is 5.10. The summed E-state index contributed by atoms with van der Waals surface area (Å²) in [5, 5.41) is 9.85. The predicted molar refractivity (Wildman–Crippen MR) is 103 cm³/mol. The molecular weight excluding hydrogens is 306 g/mol. The SMILES string of the molecule is CCc1ccc(-c2nc3ccc4[nH]ncc4c3c3c2CCCC3)cc1. The molecule has 3 heteroatoms. The Morgan fingerprint density at radius 3 is 2.56 bits per heavy atom. The van der Waals surface area contributed by atoms with Crippen LogP contribution in [-0.4, -0.2) is 15.2 Å². The minimum Gasteiger partial charge on any atom is -0.278 e. The van der Waals surface area contributed by atoms with Gasteiger partial charge >= 0.3 is 0 Å². The second-order valence-electron chi connectivity index (χ2n) is 6.97. The van der Waals surface area contributed by atoms with E-state index in [0.717, 1.165) is 30.3 Å². The van der Waals surface area contributed by atoms with Crippen molar-refractivity contribution in [2.45, 2.75) is 39.0 Å². The highest BCUT2D eigenvalue weighted by atomic mass is 15.1. The molecule has 2 heterocycles. The number of aromatic nitrogens is 3. The van der Waals surface area contributed by atoms with Crippen LogP contribution in [0.25, 0.3) is 33.1 Å². The zero-order valence-corrected chi connectivity index (χ0v) is 14.5. The summed E-state index contributed by atoms with van der Waals surface area (Å²) in [5.41, 5.74) is 8.90. The lowest BCUT2D eigenvalue weighted by atomic mass is 9.85. The van der Waals surface area contributed by atoms with Crippen molar-refractivity contribution in [3.8, 4) is 11.3 Å². The Bertz CT molecular complexity index is 1070. The van der Waals surface area contributed by atoms with Gasteiger partial charge in [0.05, 0.1) is 22.9 Å². The quantitative estimate of drug-likeness (QED) is 0.548. The van der Waals surface area contributed by atoms with E-state index in [0.29, 0.717) is 0 Å². The molecule has 2 aromatic carbocycles. The number of nitrogens with one attached hydrogen (secondary N) is 1. The third-order valence-electron chi connectivity index (χ3n) is 5.53. The van der Waals surface area contributed by atoms with E-state index in [-0.39, 0.29) is 0 Å². The first-order chi connectivity index (χ1) is 12.3. The minimum atomic E-state index is 1.07. The van der Waals surface area contributed by atoms with Gasteiger partial charge in [-0.2, -0.15) is 5.10 Å². The van der Waals surface area contributed by atoms with Crippen molar-refractivity contribution >= 4 is 21.8 Å². The van der Waals surface area contributed by atoms with Crippen molar-refractivity contribution < 1.29 is 0 Å². The van der Waals surface area contributed by atoms with E-state index in [1.165, 1.54) is 51.6 Å². The first-order valence-electron chi connectivity index (χ1n) is 9.22. The molecule has 4 aromatic rings. The molecule has 0 radical (unpaired) electrons. The number of pyridine rings is 1. The lowest BCUT2D eigenvalue weighted by molar-refractivity contribution is 0.689. The Hall–Kier alpha value is -2.68. The Labute approximate surface area is 147 Å². The Morgan fingerprint density at radius 2 is 1.76 bits per heavy atom. The molecule has 3 nitrogen and oxygen atoms in total. The first kappa shape index (κ1) is 14.6. The molecule has 2 aromatic heterocycles. The van der Waals surface area contributed by atoms with Crippen LogP contribution >= 0.6 is 0 Å². The molecule has 0 amide bonds. The number of rotatable bonds is 2. The van der Waals surface area contributed by atoms with Gasteiger partial charge in [0.2, 0.25) is 0 Å². The van der Waals surface area contributed by atoms with Crippen LogP contribution in [0.4, 0.5) is 0 Å². The molecule has 1 N–H and O–H groups in total.